The number of carbonyl (C=O) groups excluding carboxylic acids is 1. The number of nitrogens with zero attached hydrogens (tertiary/aromatic N) is 2. The predicted molar refractivity (Wildman–Crippen MR) is 66.1 cm³/mol. The van der Waals surface area contributed by atoms with Crippen LogP contribution in [0, 0.1) is 10.1 Å². The second-order valence-electron chi connectivity index (χ2n) is 3.26. The number of ketones is 1. The van der Waals surface area contributed by atoms with Crippen LogP contribution >= 0.6 is 11.8 Å². The maximum atomic E-state index is 10.6. The molecule has 90 valence electrons. The van der Waals surface area contributed by atoms with Crippen LogP contribution in [0.25, 0.3) is 0 Å². The summed E-state index contributed by atoms with van der Waals surface area (Å²) in [5.41, 5.74) is -0.00849. The van der Waals surface area contributed by atoms with Crippen LogP contribution in [0.15, 0.2) is 35.5 Å². The van der Waals surface area contributed by atoms with Crippen molar-refractivity contribution >= 4 is 23.2 Å². The van der Waals surface area contributed by atoms with Crippen molar-refractivity contribution in [1.29, 1.82) is 0 Å². The quantitative estimate of drug-likeness (QED) is 0.256. The fourth-order valence-corrected chi connectivity index (χ4v) is 1.80. The zero-order chi connectivity index (χ0) is 12.7. The van der Waals surface area contributed by atoms with E-state index in [0.29, 0.717) is 0 Å². The van der Waals surface area contributed by atoms with Gasteiger partial charge in [-0.1, -0.05) is 6.08 Å². The monoisotopic (exact) mass is 252 g/mol. The summed E-state index contributed by atoms with van der Waals surface area (Å²) in [5.74, 6) is 0.817. The zero-order valence-corrected chi connectivity index (χ0v) is 10.1. The van der Waals surface area contributed by atoms with E-state index in [0.717, 1.165) is 17.2 Å². The van der Waals surface area contributed by atoms with E-state index in [-0.39, 0.29) is 11.5 Å². The molecule has 1 heterocycles. The van der Waals surface area contributed by atoms with Crippen molar-refractivity contribution in [3.05, 3.63) is 40.6 Å². The standard InChI is InChI=1S/C11H12N2O3S/c1-9(14)4-2-3-7-17-11-6-5-10(8-12-11)13(15)16/h2,4-6,8H,3,7H2,1H3/b4-2+. The molecule has 0 aromatic carbocycles. The lowest BCUT2D eigenvalue weighted by Gasteiger charge is -1.97. The second-order valence-corrected chi connectivity index (χ2v) is 4.38. The Bertz CT molecular complexity index is 429. The van der Waals surface area contributed by atoms with E-state index in [9.17, 15) is 14.9 Å². The molecule has 0 fully saturated rings. The molecule has 5 nitrogen and oxygen atoms in total. The Balaban J connectivity index is 2.37. The summed E-state index contributed by atoms with van der Waals surface area (Å²) >= 11 is 1.50. The van der Waals surface area contributed by atoms with Crippen LogP contribution in [-0.2, 0) is 4.79 Å². The van der Waals surface area contributed by atoms with Crippen molar-refractivity contribution in [2.24, 2.45) is 0 Å². The van der Waals surface area contributed by atoms with Crippen LogP contribution in [0.1, 0.15) is 13.3 Å². The maximum Gasteiger partial charge on any atom is 0.287 e. The van der Waals surface area contributed by atoms with E-state index in [1.54, 1.807) is 12.1 Å². The summed E-state index contributed by atoms with van der Waals surface area (Å²) < 4.78 is 0. The lowest BCUT2D eigenvalue weighted by atomic mass is 10.3. The maximum absolute atomic E-state index is 10.6. The summed E-state index contributed by atoms with van der Waals surface area (Å²) in [6.45, 7) is 1.50. The van der Waals surface area contributed by atoms with Crippen LogP contribution < -0.4 is 0 Å². The topological polar surface area (TPSA) is 73.1 Å². The predicted octanol–water partition coefficient (Wildman–Crippen LogP) is 2.62. The first-order valence-corrected chi connectivity index (χ1v) is 5.98. The Morgan fingerprint density at radius 2 is 2.35 bits per heavy atom. The number of hydrogen-bond donors (Lipinski definition) is 0. The summed E-state index contributed by atoms with van der Waals surface area (Å²) in [6, 6.07) is 3.05. The van der Waals surface area contributed by atoms with Crippen molar-refractivity contribution in [1.82, 2.24) is 4.98 Å². The van der Waals surface area contributed by atoms with E-state index in [4.69, 9.17) is 0 Å². The first kappa shape index (κ1) is 13.4. The van der Waals surface area contributed by atoms with Crippen LogP contribution in [0.3, 0.4) is 0 Å². The molecule has 1 rings (SSSR count). The number of pyridine rings is 1. The number of hydrogen-bond acceptors (Lipinski definition) is 5. The Hall–Kier alpha value is -1.69. The average molecular weight is 252 g/mol. The summed E-state index contributed by atoms with van der Waals surface area (Å²) in [5, 5.41) is 11.1. The molecular weight excluding hydrogens is 240 g/mol. The Morgan fingerprint density at radius 3 is 2.88 bits per heavy atom. The minimum Gasteiger partial charge on any atom is -0.295 e. The van der Waals surface area contributed by atoms with Crippen LogP contribution in [-0.4, -0.2) is 21.4 Å². The summed E-state index contributed by atoms with van der Waals surface area (Å²) in [6.07, 6.45) is 5.35. The third-order valence-electron chi connectivity index (χ3n) is 1.82. The highest BCUT2D eigenvalue weighted by molar-refractivity contribution is 7.99. The van der Waals surface area contributed by atoms with Gasteiger partial charge in [-0.15, -0.1) is 11.8 Å². The molecule has 1 aromatic rings. The molecule has 6 heteroatoms. The van der Waals surface area contributed by atoms with Gasteiger partial charge in [0.1, 0.15) is 6.20 Å². The smallest absolute Gasteiger partial charge is 0.287 e. The first-order valence-electron chi connectivity index (χ1n) is 5.00. The van der Waals surface area contributed by atoms with Gasteiger partial charge in [0.15, 0.2) is 5.78 Å². The molecule has 17 heavy (non-hydrogen) atoms. The highest BCUT2D eigenvalue weighted by Crippen LogP contribution is 2.18. The lowest BCUT2D eigenvalue weighted by Crippen LogP contribution is -1.89. The number of carbonyl (C=O) groups is 1. The summed E-state index contributed by atoms with van der Waals surface area (Å²) in [7, 11) is 0. The van der Waals surface area contributed by atoms with E-state index in [1.165, 1.54) is 37.0 Å². The van der Waals surface area contributed by atoms with Gasteiger partial charge in [0.05, 0.1) is 9.95 Å². The van der Waals surface area contributed by atoms with E-state index in [2.05, 4.69) is 4.98 Å². The van der Waals surface area contributed by atoms with Crippen LogP contribution in [0.2, 0.25) is 0 Å². The molecule has 0 amide bonds. The minimum atomic E-state index is -0.475. The number of rotatable bonds is 6. The normalized spacial score (nSPS) is 10.6. The highest BCUT2D eigenvalue weighted by atomic mass is 32.2. The van der Waals surface area contributed by atoms with Crippen LogP contribution in [0.5, 0.6) is 0 Å². The Kier molecular flexibility index (Phi) is 5.35. The van der Waals surface area contributed by atoms with E-state index in [1.807, 2.05) is 0 Å². The van der Waals surface area contributed by atoms with Crippen LogP contribution in [0.4, 0.5) is 5.69 Å². The van der Waals surface area contributed by atoms with E-state index < -0.39 is 4.92 Å². The van der Waals surface area contributed by atoms with E-state index >= 15 is 0 Å². The van der Waals surface area contributed by atoms with Gasteiger partial charge in [-0.05, 0) is 25.5 Å². The molecule has 0 saturated carbocycles. The second kappa shape index (κ2) is 6.80. The van der Waals surface area contributed by atoms with Gasteiger partial charge in [-0.25, -0.2) is 4.98 Å². The number of aromatic nitrogens is 1. The zero-order valence-electron chi connectivity index (χ0n) is 9.33. The van der Waals surface area contributed by atoms with Gasteiger partial charge < -0.3 is 0 Å². The fourth-order valence-electron chi connectivity index (χ4n) is 1.05. The minimum absolute atomic E-state index is 0.00849. The number of allylic oxidation sites excluding steroid dienone is 2. The third-order valence-corrected chi connectivity index (χ3v) is 2.80. The molecule has 1 aromatic heterocycles. The summed E-state index contributed by atoms with van der Waals surface area (Å²) in [4.78, 5) is 24.5. The molecule has 0 radical (unpaired) electrons. The molecule has 0 saturated heterocycles. The molecule has 0 N–H and O–H groups in total. The number of thioether (sulfide) groups is 1. The van der Waals surface area contributed by atoms with Gasteiger partial charge in [0.2, 0.25) is 0 Å². The van der Waals surface area contributed by atoms with Gasteiger partial charge in [0, 0.05) is 11.8 Å². The molecular formula is C11H12N2O3S. The highest BCUT2D eigenvalue weighted by Gasteiger charge is 2.04. The van der Waals surface area contributed by atoms with Gasteiger partial charge in [-0.3, -0.25) is 14.9 Å². The SMILES string of the molecule is CC(=O)/C=C/CCSc1ccc([N+](=O)[O-])cn1. The molecule has 0 unspecified atom stereocenters. The van der Waals surface area contributed by atoms with Gasteiger partial charge in [0.25, 0.3) is 5.69 Å². The lowest BCUT2D eigenvalue weighted by molar-refractivity contribution is -0.385. The van der Waals surface area contributed by atoms with Crippen molar-refractivity contribution in [3.8, 4) is 0 Å². The third kappa shape index (κ3) is 5.26. The molecule has 0 spiro atoms. The Morgan fingerprint density at radius 1 is 1.59 bits per heavy atom. The van der Waals surface area contributed by atoms with Gasteiger partial charge >= 0.3 is 0 Å². The molecule has 0 aliphatic heterocycles. The first-order chi connectivity index (χ1) is 8.09. The fraction of sp³-hybridized carbons (Fsp3) is 0.273. The molecule has 0 aliphatic carbocycles. The van der Waals surface area contributed by atoms with Crippen molar-refractivity contribution in [2.75, 3.05) is 5.75 Å². The average Bonchev–Trinajstić information content (AvgIpc) is 2.29. The molecule has 0 atom stereocenters. The van der Waals surface area contributed by atoms with Crippen molar-refractivity contribution in [2.45, 2.75) is 18.4 Å². The van der Waals surface area contributed by atoms with Crippen molar-refractivity contribution < 1.29 is 9.72 Å². The largest absolute Gasteiger partial charge is 0.295 e. The number of nitro groups is 1. The van der Waals surface area contributed by atoms with Gasteiger partial charge in [-0.2, -0.15) is 0 Å². The Labute approximate surface area is 103 Å². The molecule has 0 bridgehead atoms. The molecule has 0 aliphatic rings. The van der Waals surface area contributed by atoms with Crippen molar-refractivity contribution in [3.63, 3.8) is 0 Å².